The number of halogens is 1. The number of amides is 1. The summed E-state index contributed by atoms with van der Waals surface area (Å²) in [7, 11) is 3.00. The Hall–Kier alpha value is -3.52. The number of hydrogen-bond acceptors (Lipinski definition) is 6. The Morgan fingerprint density at radius 1 is 1.13 bits per heavy atom. The molecule has 6 nitrogen and oxygen atoms in total. The van der Waals surface area contributed by atoms with Crippen molar-refractivity contribution in [2.45, 2.75) is 6.54 Å². The molecule has 0 fully saturated rings. The molecule has 2 aromatic carbocycles. The number of aromatic nitrogens is 2. The van der Waals surface area contributed by atoms with Crippen LogP contribution < -0.4 is 14.4 Å². The molecule has 4 aromatic rings. The molecule has 0 aliphatic carbocycles. The number of para-hydroxylation sites is 1. The van der Waals surface area contributed by atoms with E-state index in [4.69, 9.17) is 9.47 Å². The molecule has 30 heavy (non-hydrogen) atoms. The van der Waals surface area contributed by atoms with E-state index in [0.717, 1.165) is 5.56 Å². The minimum absolute atomic E-state index is 0.245. The van der Waals surface area contributed by atoms with Gasteiger partial charge in [-0.15, -0.1) is 0 Å². The summed E-state index contributed by atoms with van der Waals surface area (Å²) < 4.78 is 25.1. The van der Waals surface area contributed by atoms with Crippen molar-refractivity contribution in [1.82, 2.24) is 9.97 Å². The van der Waals surface area contributed by atoms with Crippen LogP contribution in [0.25, 0.3) is 10.2 Å². The van der Waals surface area contributed by atoms with Crippen molar-refractivity contribution in [3.05, 3.63) is 77.9 Å². The fourth-order valence-electron chi connectivity index (χ4n) is 3.10. The van der Waals surface area contributed by atoms with E-state index in [-0.39, 0.29) is 18.3 Å². The Morgan fingerprint density at radius 2 is 2.00 bits per heavy atom. The van der Waals surface area contributed by atoms with E-state index in [1.165, 1.54) is 42.6 Å². The first-order chi connectivity index (χ1) is 14.6. The van der Waals surface area contributed by atoms with Crippen molar-refractivity contribution < 1.29 is 18.7 Å². The summed E-state index contributed by atoms with van der Waals surface area (Å²) in [6.07, 6.45) is 3.36. The molecule has 0 N–H and O–H groups in total. The van der Waals surface area contributed by atoms with Gasteiger partial charge in [-0.3, -0.25) is 14.7 Å². The quantitative estimate of drug-likeness (QED) is 0.450. The zero-order valence-corrected chi connectivity index (χ0v) is 17.1. The minimum Gasteiger partial charge on any atom is -0.493 e. The SMILES string of the molecule is COc1cccc(C(=O)N(Cc2cccnc2)c2nc3ccc(F)cc3s2)c1OC. The fourth-order valence-corrected chi connectivity index (χ4v) is 4.09. The third-order valence-corrected chi connectivity index (χ3v) is 5.55. The Kier molecular flexibility index (Phi) is 5.58. The van der Waals surface area contributed by atoms with Crippen molar-refractivity contribution in [2.24, 2.45) is 0 Å². The Balaban J connectivity index is 1.81. The second-order valence-electron chi connectivity index (χ2n) is 6.40. The Bertz CT molecular complexity index is 1200. The van der Waals surface area contributed by atoms with Gasteiger partial charge in [-0.05, 0) is 42.0 Å². The van der Waals surface area contributed by atoms with E-state index in [1.807, 2.05) is 6.07 Å². The molecule has 0 saturated heterocycles. The lowest BCUT2D eigenvalue weighted by molar-refractivity contribution is 0.0981. The first-order valence-electron chi connectivity index (χ1n) is 9.08. The lowest BCUT2D eigenvalue weighted by Crippen LogP contribution is -2.30. The van der Waals surface area contributed by atoms with Gasteiger partial charge >= 0.3 is 0 Å². The highest BCUT2D eigenvalue weighted by atomic mass is 32.1. The molecule has 0 radical (unpaired) electrons. The van der Waals surface area contributed by atoms with Crippen LogP contribution in [0.15, 0.2) is 60.9 Å². The summed E-state index contributed by atoms with van der Waals surface area (Å²) in [5.74, 6) is 0.135. The van der Waals surface area contributed by atoms with Crippen LogP contribution >= 0.6 is 11.3 Å². The van der Waals surface area contributed by atoms with Crippen molar-refractivity contribution in [1.29, 1.82) is 0 Å². The van der Waals surface area contributed by atoms with Crippen LogP contribution in [0, 0.1) is 5.82 Å². The van der Waals surface area contributed by atoms with E-state index in [0.29, 0.717) is 32.4 Å². The molecule has 8 heteroatoms. The fraction of sp³-hybridized carbons (Fsp3) is 0.136. The molecule has 1 amide bonds. The van der Waals surface area contributed by atoms with Gasteiger partial charge in [0, 0.05) is 12.4 Å². The standard InChI is InChI=1S/C22H18FN3O3S/c1-28-18-7-3-6-16(20(18)29-2)21(27)26(13-14-5-4-10-24-12-14)22-25-17-9-8-15(23)11-19(17)30-22/h3-12H,13H2,1-2H3. The molecule has 0 aliphatic heterocycles. The van der Waals surface area contributed by atoms with Gasteiger partial charge in [0.05, 0.1) is 36.5 Å². The monoisotopic (exact) mass is 423 g/mol. The summed E-state index contributed by atoms with van der Waals surface area (Å²) >= 11 is 1.25. The predicted octanol–water partition coefficient (Wildman–Crippen LogP) is 4.69. The lowest BCUT2D eigenvalue weighted by Gasteiger charge is -2.21. The van der Waals surface area contributed by atoms with Gasteiger partial charge < -0.3 is 9.47 Å². The highest BCUT2D eigenvalue weighted by molar-refractivity contribution is 7.22. The Morgan fingerprint density at radius 3 is 2.73 bits per heavy atom. The van der Waals surface area contributed by atoms with E-state index < -0.39 is 0 Å². The summed E-state index contributed by atoms with van der Waals surface area (Å²) in [6, 6.07) is 13.2. The number of nitrogens with zero attached hydrogens (tertiary/aromatic N) is 3. The number of fused-ring (bicyclic) bond motifs is 1. The molecule has 2 heterocycles. The molecule has 0 unspecified atom stereocenters. The number of hydrogen-bond donors (Lipinski definition) is 0. The van der Waals surface area contributed by atoms with Crippen molar-refractivity contribution in [3.8, 4) is 11.5 Å². The minimum atomic E-state index is -0.350. The zero-order valence-electron chi connectivity index (χ0n) is 16.3. The number of carbonyl (C=O) groups is 1. The normalized spacial score (nSPS) is 10.8. The van der Waals surface area contributed by atoms with Crippen LogP contribution in [-0.4, -0.2) is 30.1 Å². The molecule has 4 rings (SSSR count). The van der Waals surface area contributed by atoms with Gasteiger partial charge in [-0.1, -0.05) is 23.5 Å². The molecular formula is C22H18FN3O3S. The largest absolute Gasteiger partial charge is 0.493 e. The van der Waals surface area contributed by atoms with E-state index in [2.05, 4.69) is 9.97 Å². The average Bonchev–Trinajstić information content (AvgIpc) is 3.19. The predicted molar refractivity (Wildman–Crippen MR) is 114 cm³/mol. The molecule has 152 valence electrons. The van der Waals surface area contributed by atoms with Gasteiger partial charge in [0.15, 0.2) is 16.6 Å². The molecule has 0 spiro atoms. The van der Waals surface area contributed by atoms with Gasteiger partial charge in [-0.2, -0.15) is 0 Å². The van der Waals surface area contributed by atoms with Crippen molar-refractivity contribution in [3.63, 3.8) is 0 Å². The first kappa shape index (κ1) is 19.8. The number of pyridine rings is 1. The Labute approximate surface area is 176 Å². The molecule has 0 bridgehead atoms. The maximum absolute atomic E-state index is 13.7. The van der Waals surface area contributed by atoms with Crippen LogP contribution in [0.2, 0.25) is 0 Å². The van der Waals surface area contributed by atoms with Crippen LogP contribution in [-0.2, 0) is 6.54 Å². The zero-order chi connectivity index (χ0) is 21.1. The van der Waals surface area contributed by atoms with E-state index in [9.17, 15) is 9.18 Å². The van der Waals surface area contributed by atoms with E-state index >= 15 is 0 Å². The number of thiazole rings is 1. The molecule has 0 aliphatic rings. The lowest BCUT2D eigenvalue weighted by atomic mass is 10.1. The van der Waals surface area contributed by atoms with Gasteiger partial charge in [-0.25, -0.2) is 9.37 Å². The average molecular weight is 423 g/mol. The summed E-state index contributed by atoms with van der Waals surface area (Å²) in [5, 5.41) is 0.453. The topological polar surface area (TPSA) is 64.5 Å². The molecule has 0 saturated carbocycles. The summed E-state index contributed by atoms with van der Waals surface area (Å²) in [4.78, 5) is 23.8. The third-order valence-electron chi connectivity index (χ3n) is 4.51. The molecular weight excluding hydrogens is 405 g/mol. The van der Waals surface area contributed by atoms with Crippen LogP contribution in [0.3, 0.4) is 0 Å². The second kappa shape index (κ2) is 8.46. The number of ether oxygens (including phenoxy) is 2. The maximum atomic E-state index is 13.7. The number of rotatable bonds is 6. The van der Waals surface area contributed by atoms with Crippen LogP contribution in [0.5, 0.6) is 11.5 Å². The smallest absolute Gasteiger partial charge is 0.264 e. The number of methoxy groups -OCH3 is 2. The third kappa shape index (κ3) is 3.81. The molecule has 2 aromatic heterocycles. The van der Waals surface area contributed by atoms with Crippen molar-refractivity contribution in [2.75, 3.05) is 19.1 Å². The summed E-state index contributed by atoms with van der Waals surface area (Å²) in [5.41, 5.74) is 1.79. The number of benzene rings is 2. The highest BCUT2D eigenvalue weighted by Gasteiger charge is 2.26. The van der Waals surface area contributed by atoms with Gasteiger partial charge in [0.2, 0.25) is 0 Å². The van der Waals surface area contributed by atoms with Crippen molar-refractivity contribution >= 4 is 32.6 Å². The first-order valence-corrected chi connectivity index (χ1v) is 9.90. The molecule has 0 atom stereocenters. The number of anilines is 1. The summed E-state index contributed by atoms with van der Waals surface area (Å²) in [6.45, 7) is 0.245. The van der Waals surface area contributed by atoms with Gasteiger partial charge in [0.25, 0.3) is 5.91 Å². The van der Waals surface area contributed by atoms with Crippen LogP contribution in [0.1, 0.15) is 15.9 Å². The highest BCUT2D eigenvalue weighted by Crippen LogP contribution is 2.35. The second-order valence-corrected chi connectivity index (χ2v) is 7.41. The number of carbonyl (C=O) groups excluding carboxylic acids is 1. The van der Waals surface area contributed by atoms with Crippen LogP contribution in [0.4, 0.5) is 9.52 Å². The maximum Gasteiger partial charge on any atom is 0.264 e. The van der Waals surface area contributed by atoms with E-state index in [1.54, 1.807) is 42.7 Å². The van der Waals surface area contributed by atoms with Gasteiger partial charge in [0.1, 0.15) is 5.82 Å².